The number of alkyl halides is 1. The Labute approximate surface area is 586 Å². The van der Waals surface area contributed by atoms with Gasteiger partial charge in [-0.3, -0.25) is 24.5 Å². The summed E-state index contributed by atoms with van der Waals surface area (Å²) in [4.78, 5) is 19.8. The van der Waals surface area contributed by atoms with Crippen LogP contribution in [0.5, 0.6) is 0 Å². The quantitative estimate of drug-likeness (QED) is 0.136. The maximum atomic E-state index is 10.5. The average molecular weight is 1910 g/mol. The molecule has 0 amide bonds. The number of aliphatic hydroxyl groups is 2. The van der Waals surface area contributed by atoms with E-state index in [1.54, 1.807) is 7.11 Å². The van der Waals surface area contributed by atoms with Crippen LogP contribution in [0.15, 0.2) is 0 Å². The number of aliphatic hydroxyl groups excluding tert-OH is 2. The van der Waals surface area contributed by atoms with Crippen LogP contribution in [0.1, 0.15) is 35.1 Å². The summed E-state index contributed by atoms with van der Waals surface area (Å²) in [5.74, 6) is -1.26. The van der Waals surface area contributed by atoms with Gasteiger partial charge in [-0.1, -0.05) is 30.0 Å². The molecule has 8 aliphatic rings. The third-order valence-electron chi connectivity index (χ3n) is 14.2. The van der Waals surface area contributed by atoms with Crippen LogP contribution in [0, 0.1) is 0 Å². The Morgan fingerprint density at radius 1 is 0.407 bits per heavy atom. The second-order valence-corrected chi connectivity index (χ2v) is 32.3. The fourth-order valence-corrected chi connectivity index (χ4v) is 9.84. The van der Waals surface area contributed by atoms with Gasteiger partial charge in [-0.25, -0.2) is 0 Å². The zero-order valence-corrected chi connectivity index (χ0v) is 65.1. The number of hydroxylamine groups is 2. The number of hydrogen-bond acceptors (Lipinski definition) is 23. The Balaban J connectivity index is 0. The summed E-state index contributed by atoms with van der Waals surface area (Å²) in [6, 6.07) is -0.0692. The minimum Gasteiger partial charge on any atom is 0 e. The number of ether oxygens (including phenoxy) is 4. The van der Waals surface area contributed by atoms with Crippen molar-refractivity contribution in [1.82, 2.24) is 82.7 Å². The molecule has 81 heavy (non-hydrogen) atoms. The summed E-state index contributed by atoms with van der Waals surface area (Å²) in [6.07, 6.45) is -0.401. The second-order valence-electron chi connectivity index (χ2n) is 20.5. The molecular weight excluding hydrogens is 1800 g/mol. The zero-order chi connectivity index (χ0) is 57.1. The summed E-state index contributed by atoms with van der Waals surface area (Å²) in [6.45, 7) is 42.0. The number of hydrogen-bond donors (Lipinski definition) is 12. The van der Waals surface area contributed by atoms with Crippen molar-refractivity contribution < 1.29 is 62.0 Å². The standard InChI is InChI=1S/C16H34N4O4.C15H32N4O3.C9H18N4.C8H20N4.CH3I.CH4.I2.3HI.2V/c1-16(2)23-12-14(15(21)13-24-16)19-8-4-17-6-10-20(22-3)11-7-18-5-9-19;1-15(2)21-11-13(14(20)12-22-15)19-9-7-17-5-3-16-4-6-18-8-10-19;1-3-11-5-7-13-8-6-12(9(11)13)4-2-10-1;1-2-10-5-6-12-8-7-11-4-3-9-1;1-2;;1-2;;;;;/h14-15,17-18,21H,4-13H2,1-3H3;13-14,16-18,20H,3-12H2,1-2H3;9-10H,1-8H2;9-12H,1-8H2;1H3;1H4;;3*1H;;/q;;;;;;;;;;;+2/p-2/t14-,15-;13-,14-;;;;;;;;;;/m11........../s1. The molecule has 12 N–H and O–H groups in total. The Bertz CT molecular complexity index is 1320. The molecule has 0 spiro atoms. The van der Waals surface area contributed by atoms with E-state index in [1.807, 2.05) is 37.7 Å². The van der Waals surface area contributed by atoms with Gasteiger partial charge < -0.3 is 87.2 Å². The van der Waals surface area contributed by atoms with Gasteiger partial charge in [0.1, 0.15) is 6.29 Å². The van der Waals surface area contributed by atoms with Gasteiger partial charge in [-0.15, -0.1) is 24.0 Å². The van der Waals surface area contributed by atoms with Gasteiger partial charge in [-0.2, -0.15) is 5.06 Å². The molecule has 486 valence electrons. The van der Waals surface area contributed by atoms with E-state index in [4.69, 9.17) is 23.8 Å². The molecule has 0 aromatic rings. The van der Waals surface area contributed by atoms with Crippen molar-refractivity contribution in [3.8, 4) is 0 Å². The molecule has 8 fully saturated rings. The predicted octanol–water partition coefficient (Wildman–Crippen LogP) is 0.448. The van der Waals surface area contributed by atoms with Gasteiger partial charge in [0.2, 0.25) is 0 Å². The smallest absolute Gasteiger partial charge is 0 e. The molecule has 0 aliphatic carbocycles. The fraction of sp³-hybridized carbons (Fsp3) is 1.00. The van der Waals surface area contributed by atoms with Crippen LogP contribution in [0.2, 0.25) is 0 Å². The molecule has 0 bridgehead atoms. The Morgan fingerprint density at radius 2 is 0.617 bits per heavy atom. The molecule has 4 atom stereocenters. The topological polar surface area (TPSA) is 226 Å². The van der Waals surface area contributed by atoms with Gasteiger partial charge in [0, 0.05) is 265 Å². The van der Waals surface area contributed by atoms with E-state index in [2.05, 4.69) is 177 Å². The molecule has 8 saturated heterocycles. The zero-order valence-electron chi connectivity index (χ0n) is 49.2. The average Bonchev–Trinajstić information content (AvgIpc) is 3.93. The molecule has 23 nitrogen and oxygen atoms in total. The van der Waals surface area contributed by atoms with E-state index in [9.17, 15) is 10.2 Å². The molecule has 8 rings (SSSR count). The normalized spacial score (nSPS) is 27.9. The summed E-state index contributed by atoms with van der Waals surface area (Å²) in [5, 5.41) is 56.9. The van der Waals surface area contributed by atoms with E-state index in [0.29, 0.717) is 42.2 Å². The number of rotatable bonds is 3. The van der Waals surface area contributed by atoms with Gasteiger partial charge >= 0.3 is 49.4 Å². The largest absolute Gasteiger partial charge is 0 e. The number of halogens is 6. The maximum absolute atomic E-state index is 10.5. The van der Waals surface area contributed by atoms with Crippen molar-refractivity contribution >= 4 is 124 Å². The van der Waals surface area contributed by atoms with Crippen molar-refractivity contribution in [3.63, 3.8) is 0 Å². The van der Waals surface area contributed by atoms with Gasteiger partial charge in [0.15, 0.2) is 11.6 Å². The van der Waals surface area contributed by atoms with Crippen LogP contribution < -0.4 is 53.2 Å². The molecule has 8 aliphatic heterocycles. The first kappa shape index (κ1) is 87.7. The summed E-state index contributed by atoms with van der Waals surface area (Å²) in [5.41, 5.74) is 0. The minimum absolute atomic E-state index is 0. The van der Waals surface area contributed by atoms with Gasteiger partial charge in [0.25, 0.3) is 0 Å². The summed E-state index contributed by atoms with van der Waals surface area (Å²) >= 11 is 11.1. The Kier molecular flexibility index (Phi) is 62.0. The van der Waals surface area contributed by atoms with E-state index < -0.39 is 23.8 Å². The maximum Gasteiger partial charge on any atom is 0 e. The first-order valence-electron chi connectivity index (χ1n) is 28.4. The molecule has 31 heteroatoms. The number of nitrogens with one attached hydrogen (secondary N) is 10. The molecule has 0 unspecified atom stereocenters. The van der Waals surface area contributed by atoms with Crippen LogP contribution in [0.4, 0.5) is 0 Å². The molecule has 0 aromatic heterocycles. The van der Waals surface area contributed by atoms with Crippen LogP contribution >= 0.6 is 124 Å². The van der Waals surface area contributed by atoms with Crippen molar-refractivity contribution in [2.24, 2.45) is 0 Å². The SMILES string of the molecule is C.C1CN2CCN3CCN(CCN1)C23.C1CNCCNCCNCCN1.CC1(C)OC[C@@H](O)[C@H](N2CCNCCNCCNCC2)CO1.CI.CON1CCNCCN([C@@H]2COC(C)(C)OC[C@H]2O)CCNCC1.I.II.[I][V][I].[V]. The van der Waals surface area contributed by atoms with Crippen molar-refractivity contribution in [3.05, 3.63) is 0 Å². The van der Waals surface area contributed by atoms with E-state index in [0.717, 1.165) is 170 Å². The molecule has 8 heterocycles. The molecule has 1 radical (unpaired) electrons. The first-order chi connectivity index (χ1) is 38.0. The van der Waals surface area contributed by atoms with Crippen LogP contribution in [0.3, 0.4) is 0 Å². The van der Waals surface area contributed by atoms with Crippen LogP contribution in [0.25, 0.3) is 0 Å². The summed E-state index contributed by atoms with van der Waals surface area (Å²) in [7, 11) is 2.34. The van der Waals surface area contributed by atoms with Crippen LogP contribution in [-0.4, -0.2) is 330 Å². The molecule has 0 saturated carbocycles. The number of nitrogens with zero attached hydrogens (tertiary/aromatic N) is 6. The van der Waals surface area contributed by atoms with Crippen molar-refractivity contribution in [2.45, 2.75) is 77.3 Å². The minimum atomic E-state index is -0.637. The summed E-state index contributed by atoms with van der Waals surface area (Å²) < 4.78 is 22.9. The van der Waals surface area contributed by atoms with Crippen molar-refractivity contribution in [1.29, 1.82) is 0 Å². The van der Waals surface area contributed by atoms with E-state index in [-0.39, 0.29) is 62.0 Å². The van der Waals surface area contributed by atoms with Crippen molar-refractivity contribution in [2.75, 3.05) is 248 Å². The molecule has 0 aromatic carbocycles. The Morgan fingerprint density at radius 3 is 0.889 bits per heavy atom. The third-order valence-corrected chi connectivity index (χ3v) is 14.2. The van der Waals surface area contributed by atoms with Gasteiger partial charge in [0.05, 0.1) is 57.8 Å². The first-order valence-corrected chi connectivity index (χ1v) is 45.8. The van der Waals surface area contributed by atoms with E-state index >= 15 is 0 Å². The van der Waals surface area contributed by atoms with E-state index in [1.165, 1.54) is 39.3 Å². The monoisotopic (exact) mass is 1910 g/mol. The third kappa shape index (κ3) is 41.1. The Hall–Kier alpha value is 4.63. The fourth-order valence-electron chi connectivity index (χ4n) is 9.84. The van der Waals surface area contributed by atoms with Gasteiger partial charge in [-0.05, 0) is 32.6 Å². The van der Waals surface area contributed by atoms with Crippen LogP contribution in [-0.2, 0) is 51.8 Å². The molecular formula is C50H112I6N16O7V2. The second kappa shape index (κ2) is 57.3. The predicted molar refractivity (Wildman–Crippen MR) is 379 cm³/mol.